The van der Waals surface area contributed by atoms with Crippen LogP contribution in [0.4, 0.5) is 0 Å². The van der Waals surface area contributed by atoms with Crippen molar-refractivity contribution in [2.45, 2.75) is 19.0 Å². The summed E-state index contributed by atoms with van der Waals surface area (Å²) >= 11 is 0. The molecule has 0 radical (unpaired) electrons. The van der Waals surface area contributed by atoms with E-state index >= 15 is 0 Å². The first-order valence-corrected chi connectivity index (χ1v) is 6.66. The maximum atomic E-state index is 6.59. The Morgan fingerprint density at radius 3 is 2.06 bits per heavy atom. The first-order valence-electron chi connectivity index (χ1n) is 6.66. The molecule has 100 valence electrons. The van der Waals surface area contributed by atoms with E-state index in [2.05, 4.69) is 16.7 Å². The average molecular weight is 243 g/mol. The Balaban J connectivity index is 1.91. The predicted molar refractivity (Wildman–Crippen MR) is 66.9 cm³/mol. The molecule has 0 aromatic heterocycles. The highest BCUT2D eigenvalue weighted by atomic mass is 16.5. The minimum Gasteiger partial charge on any atom is -0.379 e. The van der Waals surface area contributed by atoms with Crippen LogP contribution >= 0.6 is 0 Å². The topological polar surface area (TPSA) is 51.0 Å². The number of nitrogens with zero attached hydrogens (tertiary/aromatic N) is 2. The lowest BCUT2D eigenvalue weighted by atomic mass is 10.0. The van der Waals surface area contributed by atoms with Crippen LogP contribution in [-0.4, -0.2) is 74.6 Å². The molecule has 0 bridgehead atoms. The molecule has 2 N–H and O–H groups in total. The van der Waals surface area contributed by atoms with Crippen LogP contribution < -0.4 is 5.73 Å². The Morgan fingerprint density at radius 1 is 1.00 bits per heavy atom. The average Bonchev–Trinajstić information content (AvgIpc) is 2.41. The van der Waals surface area contributed by atoms with Crippen molar-refractivity contribution in [1.29, 1.82) is 0 Å². The minimum atomic E-state index is -0.207. The molecule has 1 atom stereocenters. The Labute approximate surface area is 104 Å². The Hall–Kier alpha value is -0.200. The number of hydrogen-bond donors (Lipinski definition) is 1. The van der Waals surface area contributed by atoms with Crippen LogP contribution in [0.15, 0.2) is 0 Å². The van der Waals surface area contributed by atoms with Crippen molar-refractivity contribution in [3.8, 4) is 0 Å². The van der Waals surface area contributed by atoms with Crippen molar-refractivity contribution < 1.29 is 9.47 Å². The van der Waals surface area contributed by atoms with Gasteiger partial charge in [0.05, 0.1) is 32.1 Å². The van der Waals surface area contributed by atoms with E-state index < -0.39 is 0 Å². The lowest BCUT2D eigenvalue weighted by molar-refractivity contribution is -0.0489. The first-order chi connectivity index (χ1) is 8.24. The molecule has 17 heavy (non-hydrogen) atoms. The van der Waals surface area contributed by atoms with E-state index in [9.17, 15) is 0 Å². The molecule has 0 saturated carbocycles. The maximum absolute atomic E-state index is 6.59. The van der Waals surface area contributed by atoms with Gasteiger partial charge in [0.25, 0.3) is 0 Å². The fourth-order valence-electron chi connectivity index (χ4n) is 2.59. The van der Waals surface area contributed by atoms with Gasteiger partial charge in [0.1, 0.15) is 0 Å². The smallest absolute Gasteiger partial charge is 0.0816 e. The zero-order valence-electron chi connectivity index (χ0n) is 10.9. The van der Waals surface area contributed by atoms with E-state index in [0.717, 1.165) is 65.6 Å². The number of ether oxygens (including phenoxy) is 2. The van der Waals surface area contributed by atoms with Crippen molar-refractivity contribution >= 4 is 0 Å². The van der Waals surface area contributed by atoms with Crippen molar-refractivity contribution in [1.82, 2.24) is 9.80 Å². The molecule has 0 aliphatic carbocycles. The highest BCUT2D eigenvalue weighted by Gasteiger charge is 2.34. The second-order valence-electron chi connectivity index (χ2n) is 4.95. The quantitative estimate of drug-likeness (QED) is 0.736. The Morgan fingerprint density at radius 2 is 1.53 bits per heavy atom. The lowest BCUT2D eigenvalue weighted by Crippen LogP contribution is -2.64. The van der Waals surface area contributed by atoms with E-state index in [1.165, 1.54) is 0 Å². The fourth-order valence-corrected chi connectivity index (χ4v) is 2.59. The summed E-state index contributed by atoms with van der Waals surface area (Å²) in [6.45, 7) is 10.3. The maximum Gasteiger partial charge on any atom is 0.0816 e. The normalized spacial score (nSPS) is 27.9. The predicted octanol–water partition coefficient (Wildman–Crippen LogP) is -0.284. The van der Waals surface area contributed by atoms with Crippen molar-refractivity contribution in [2.75, 3.05) is 59.2 Å². The zero-order valence-corrected chi connectivity index (χ0v) is 10.9. The van der Waals surface area contributed by atoms with Gasteiger partial charge in [0.2, 0.25) is 0 Å². The molecule has 2 rings (SSSR count). The van der Waals surface area contributed by atoms with E-state index in [4.69, 9.17) is 15.2 Å². The van der Waals surface area contributed by atoms with Crippen LogP contribution in [0.25, 0.3) is 0 Å². The number of rotatable bonds is 4. The van der Waals surface area contributed by atoms with E-state index in [0.29, 0.717) is 0 Å². The molecule has 2 heterocycles. The van der Waals surface area contributed by atoms with Crippen molar-refractivity contribution in [2.24, 2.45) is 5.73 Å². The second kappa shape index (κ2) is 6.11. The molecule has 2 aliphatic heterocycles. The van der Waals surface area contributed by atoms with Crippen LogP contribution in [0.2, 0.25) is 0 Å². The third-order valence-electron chi connectivity index (χ3n) is 3.85. The third-order valence-corrected chi connectivity index (χ3v) is 3.85. The zero-order chi connectivity index (χ0) is 12.1. The van der Waals surface area contributed by atoms with Gasteiger partial charge < -0.3 is 15.2 Å². The molecular weight excluding hydrogens is 218 g/mol. The first kappa shape index (κ1) is 13.2. The van der Waals surface area contributed by atoms with Gasteiger partial charge in [-0.25, -0.2) is 0 Å². The Bertz CT molecular complexity index is 228. The largest absolute Gasteiger partial charge is 0.379 e. The molecule has 2 fully saturated rings. The van der Waals surface area contributed by atoms with Gasteiger partial charge in [-0.1, -0.05) is 6.92 Å². The molecule has 5 nitrogen and oxygen atoms in total. The minimum absolute atomic E-state index is 0.207. The molecule has 0 spiro atoms. The van der Waals surface area contributed by atoms with Crippen LogP contribution in [0, 0.1) is 0 Å². The molecule has 2 aliphatic rings. The standard InChI is InChI=1S/C12H25N3O2/c1-2-12(13,15-5-9-17-10-6-15)11-14-3-7-16-8-4-14/h2-11,13H2,1H3. The molecule has 1 unspecified atom stereocenters. The summed E-state index contributed by atoms with van der Waals surface area (Å²) in [7, 11) is 0. The summed E-state index contributed by atoms with van der Waals surface area (Å²) in [6.07, 6.45) is 0.977. The fraction of sp³-hybridized carbons (Fsp3) is 1.00. The van der Waals surface area contributed by atoms with Gasteiger partial charge >= 0.3 is 0 Å². The molecule has 0 aromatic rings. The van der Waals surface area contributed by atoms with Gasteiger partial charge in [0.15, 0.2) is 0 Å². The lowest BCUT2D eigenvalue weighted by Gasteiger charge is -2.45. The number of nitrogens with two attached hydrogens (primary N) is 1. The molecule has 0 amide bonds. The van der Waals surface area contributed by atoms with E-state index in [-0.39, 0.29) is 5.66 Å². The van der Waals surface area contributed by atoms with Crippen molar-refractivity contribution in [3.63, 3.8) is 0 Å². The molecule has 2 saturated heterocycles. The summed E-state index contributed by atoms with van der Waals surface area (Å²) in [5, 5.41) is 0. The highest BCUT2D eigenvalue weighted by Crippen LogP contribution is 2.17. The van der Waals surface area contributed by atoms with Gasteiger partial charge in [-0.15, -0.1) is 0 Å². The molecule has 0 aromatic carbocycles. The van der Waals surface area contributed by atoms with E-state index in [1.54, 1.807) is 0 Å². The molecular formula is C12H25N3O2. The van der Waals surface area contributed by atoms with E-state index in [1.807, 2.05) is 0 Å². The van der Waals surface area contributed by atoms with Crippen LogP contribution in [0.1, 0.15) is 13.3 Å². The Kier molecular flexibility index (Phi) is 4.76. The summed E-state index contributed by atoms with van der Waals surface area (Å²) in [5.74, 6) is 0. The van der Waals surface area contributed by atoms with Gasteiger partial charge in [-0.3, -0.25) is 9.80 Å². The highest BCUT2D eigenvalue weighted by molar-refractivity contribution is 4.88. The monoisotopic (exact) mass is 243 g/mol. The van der Waals surface area contributed by atoms with Gasteiger partial charge in [0, 0.05) is 32.7 Å². The van der Waals surface area contributed by atoms with Crippen LogP contribution in [-0.2, 0) is 9.47 Å². The van der Waals surface area contributed by atoms with Crippen LogP contribution in [0.5, 0.6) is 0 Å². The number of hydrogen-bond acceptors (Lipinski definition) is 5. The van der Waals surface area contributed by atoms with Gasteiger partial charge in [-0.2, -0.15) is 0 Å². The number of morpholine rings is 2. The van der Waals surface area contributed by atoms with Crippen molar-refractivity contribution in [3.05, 3.63) is 0 Å². The summed E-state index contributed by atoms with van der Waals surface area (Å²) in [5.41, 5.74) is 6.38. The SMILES string of the molecule is CCC(N)(CN1CCOCC1)N1CCOCC1. The van der Waals surface area contributed by atoms with Gasteiger partial charge in [-0.05, 0) is 6.42 Å². The summed E-state index contributed by atoms with van der Waals surface area (Å²) in [4.78, 5) is 4.80. The molecule has 5 heteroatoms. The summed E-state index contributed by atoms with van der Waals surface area (Å²) < 4.78 is 10.8. The third kappa shape index (κ3) is 3.39. The van der Waals surface area contributed by atoms with Crippen LogP contribution in [0.3, 0.4) is 0 Å². The second-order valence-corrected chi connectivity index (χ2v) is 4.95. The summed E-state index contributed by atoms with van der Waals surface area (Å²) in [6, 6.07) is 0.